The molecule has 0 aliphatic heterocycles. The van der Waals surface area contributed by atoms with Crippen LogP contribution in [0.15, 0.2) is 18.2 Å². The van der Waals surface area contributed by atoms with Gasteiger partial charge in [-0.3, -0.25) is 14.9 Å². The van der Waals surface area contributed by atoms with Gasteiger partial charge in [-0.25, -0.2) is 0 Å². The van der Waals surface area contributed by atoms with Gasteiger partial charge in [0.25, 0.3) is 0 Å². The molecule has 0 spiro atoms. The average molecular weight is 210 g/mol. The molecular formula is C9H10N2O4. The zero-order valence-corrected chi connectivity index (χ0v) is 7.84. The van der Waals surface area contributed by atoms with Gasteiger partial charge in [-0.05, 0) is 18.7 Å². The quantitative estimate of drug-likeness (QED) is 0.435. The second-order valence-corrected chi connectivity index (χ2v) is 2.92. The van der Waals surface area contributed by atoms with Gasteiger partial charge in [0.2, 0.25) is 0 Å². The number of Topliss-reactive ketones (excluding diaryl/α,β-unsaturated/α-hetero) is 1. The van der Waals surface area contributed by atoms with E-state index in [1.807, 2.05) is 0 Å². The molecule has 0 radical (unpaired) electrons. The summed E-state index contributed by atoms with van der Waals surface area (Å²) in [5.74, 6) is -0.732. The van der Waals surface area contributed by atoms with E-state index >= 15 is 0 Å². The third-order valence-corrected chi connectivity index (χ3v) is 1.87. The Balaban J connectivity index is 3.07. The predicted molar refractivity (Wildman–Crippen MR) is 52.8 cm³/mol. The first-order chi connectivity index (χ1) is 7.06. The third-order valence-electron chi connectivity index (χ3n) is 1.87. The lowest BCUT2D eigenvalue weighted by molar-refractivity contribution is -0.385. The van der Waals surface area contributed by atoms with Crippen molar-refractivity contribution in [3.05, 3.63) is 33.9 Å². The molecule has 0 saturated carbocycles. The molecule has 0 fully saturated rings. The first-order valence-electron chi connectivity index (χ1n) is 4.27. The number of phenolic OH excluding ortho intramolecular Hbond substituents is 1. The van der Waals surface area contributed by atoms with Gasteiger partial charge in [0, 0.05) is 18.1 Å². The Hall–Kier alpha value is -1.95. The molecular weight excluding hydrogens is 200 g/mol. The molecule has 6 nitrogen and oxygen atoms in total. The van der Waals surface area contributed by atoms with Crippen LogP contribution >= 0.6 is 0 Å². The van der Waals surface area contributed by atoms with Crippen LogP contribution in [0, 0.1) is 10.1 Å². The maximum absolute atomic E-state index is 11.3. The average Bonchev–Trinajstić information content (AvgIpc) is 2.18. The molecule has 1 aromatic rings. The van der Waals surface area contributed by atoms with Crippen LogP contribution in [-0.2, 0) is 0 Å². The lowest BCUT2D eigenvalue weighted by Gasteiger charge is -2.00. The Bertz CT molecular complexity index is 403. The van der Waals surface area contributed by atoms with Crippen LogP contribution in [0.25, 0.3) is 0 Å². The normalized spacial score (nSPS) is 9.93. The second-order valence-electron chi connectivity index (χ2n) is 2.92. The van der Waals surface area contributed by atoms with Crippen molar-refractivity contribution in [2.75, 3.05) is 6.54 Å². The smallest absolute Gasteiger partial charge is 0.311 e. The van der Waals surface area contributed by atoms with Gasteiger partial charge in [0.1, 0.15) is 0 Å². The summed E-state index contributed by atoms with van der Waals surface area (Å²) in [4.78, 5) is 21.1. The summed E-state index contributed by atoms with van der Waals surface area (Å²) in [6.45, 7) is 0.188. The molecule has 0 atom stereocenters. The lowest BCUT2D eigenvalue weighted by atomic mass is 10.1. The summed E-state index contributed by atoms with van der Waals surface area (Å²) in [5.41, 5.74) is 4.90. The Morgan fingerprint density at radius 3 is 2.73 bits per heavy atom. The first-order valence-corrected chi connectivity index (χ1v) is 4.27. The van der Waals surface area contributed by atoms with Gasteiger partial charge in [0.05, 0.1) is 4.92 Å². The standard InChI is InChI=1S/C9H10N2O4/c10-4-3-8(12)6-1-2-9(13)7(5-6)11(14)15/h1-2,5,13H,3-4,10H2. The molecule has 6 heteroatoms. The van der Waals surface area contributed by atoms with E-state index in [0.29, 0.717) is 0 Å². The summed E-state index contributed by atoms with van der Waals surface area (Å²) < 4.78 is 0. The third kappa shape index (κ3) is 2.50. The van der Waals surface area contributed by atoms with Crippen LogP contribution in [0.1, 0.15) is 16.8 Å². The number of ketones is 1. The molecule has 0 saturated heterocycles. The fraction of sp³-hybridized carbons (Fsp3) is 0.222. The van der Waals surface area contributed by atoms with Crippen LogP contribution in [-0.4, -0.2) is 22.4 Å². The number of hydrogen-bond acceptors (Lipinski definition) is 5. The molecule has 1 aromatic carbocycles. The highest BCUT2D eigenvalue weighted by Crippen LogP contribution is 2.26. The summed E-state index contributed by atoms with van der Waals surface area (Å²) in [6.07, 6.45) is 0.127. The molecule has 0 aliphatic rings. The van der Waals surface area contributed by atoms with Gasteiger partial charge in [-0.1, -0.05) is 0 Å². The molecule has 15 heavy (non-hydrogen) atoms. The maximum Gasteiger partial charge on any atom is 0.311 e. The topological polar surface area (TPSA) is 106 Å². The fourth-order valence-corrected chi connectivity index (χ4v) is 1.12. The van der Waals surface area contributed by atoms with Crippen molar-refractivity contribution < 1.29 is 14.8 Å². The van der Waals surface area contributed by atoms with E-state index in [-0.39, 0.29) is 24.3 Å². The molecule has 0 heterocycles. The number of carbonyl (C=O) groups is 1. The van der Waals surface area contributed by atoms with E-state index in [9.17, 15) is 14.9 Å². The molecule has 3 N–H and O–H groups in total. The Morgan fingerprint density at radius 1 is 1.53 bits per heavy atom. The highest BCUT2D eigenvalue weighted by Gasteiger charge is 2.16. The van der Waals surface area contributed by atoms with Crippen molar-refractivity contribution in [1.82, 2.24) is 0 Å². The zero-order chi connectivity index (χ0) is 11.4. The van der Waals surface area contributed by atoms with Crippen LogP contribution in [0.5, 0.6) is 5.75 Å². The summed E-state index contributed by atoms with van der Waals surface area (Å²) in [7, 11) is 0. The van der Waals surface area contributed by atoms with Crippen molar-refractivity contribution in [3.8, 4) is 5.75 Å². The van der Waals surface area contributed by atoms with E-state index in [4.69, 9.17) is 10.8 Å². The minimum absolute atomic E-state index is 0.127. The Kier molecular flexibility index (Phi) is 3.35. The summed E-state index contributed by atoms with van der Waals surface area (Å²) in [6, 6.07) is 3.51. The molecule has 1 rings (SSSR count). The predicted octanol–water partition coefficient (Wildman–Crippen LogP) is 0.832. The number of nitrogens with two attached hydrogens (primary N) is 1. The van der Waals surface area contributed by atoms with Crippen molar-refractivity contribution >= 4 is 11.5 Å². The van der Waals surface area contributed by atoms with Gasteiger partial charge in [-0.2, -0.15) is 0 Å². The summed E-state index contributed by atoms with van der Waals surface area (Å²) >= 11 is 0. The van der Waals surface area contributed by atoms with Crippen molar-refractivity contribution in [2.24, 2.45) is 5.73 Å². The number of nitrogens with zero attached hydrogens (tertiary/aromatic N) is 1. The Morgan fingerprint density at radius 2 is 2.20 bits per heavy atom. The zero-order valence-electron chi connectivity index (χ0n) is 7.84. The molecule has 0 aliphatic carbocycles. The minimum Gasteiger partial charge on any atom is -0.502 e. The SMILES string of the molecule is NCCC(=O)c1ccc(O)c([N+](=O)[O-])c1. The van der Waals surface area contributed by atoms with E-state index in [1.54, 1.807) is 0 Å². The van der Waals surface area contributed by atoms with Crippen molar-refractivity contribution in [3.63, 3.8) is 0 Å². The number of carbonyl (C=O) groups excluding carboxylic acids is 1. The van der Waals surface area contributed by atoms with Gasteiger partial charge >= 0.3 is 5.69 Å². The number of nitro groups is 1. The molecule has 0 amide bonds. The van der Waals surface area contributed by atoms with E-state index < -0.39 is 16.4 Å². The lowest BCUT2D eigenvalue weighted by Crippen LogP contribution is -2.08. The number of nitro benzene ring substituents is 1. The van der Waals surface area contributed by atoms with E-state index in [2.05, 4.69) is 0 Å². The monoisotopic (exact) mass is 210 g/mol. The fourth-order valence-electron chi connectivity index (χ4n) is 1.12. The van der Waals surface area contributed by atoms with Crippen molar-refractivity contribution in [2.45, 2.75) is 6.42 Å². The van der Waals surface area contributed by atoms with Gasteiger partial charge in [0.15, 0.2) is 11.5 Å². The van der Waals surface area contributed by atoms with Crippen LogP contribution in [0.3, 0.4) is 0 Å². The highest BCUT2D eigenvalue weighted by molar-refractivity contribution is 5.97. The second kappa shape index (κ2) is 4.52. The van der Waals surface area contributed by atoms with Crippen molar-refractivity contribution in [1.29, 1.82) is 0 Å². The Labute approximate surface area is 85.5 Å². The summed E-state index contributed by atoms with van der Waals surface area (Å²) in [5, 5.41) is 19.6. The van der Waals surface area contributed by atoms with E-state index in [0.717, 1.165) is 12.1 Å². The molecule has 0 aromatic heterocycles. The number of rotatable bonds is 4. The molecule has 0 bridgehead atoms. The van der Waals surface area contributed by atoms with Crippen LogP contribution in [0.2, 0.25) is 0 Å². The number of benzene rings is 1. The van der Waals surface area contributed by atoms with Gasteiger partial charge in [-0.15, -0.1) is 0 Å². The van der Waals surface area contributed by atoms with Crippen LogP contribution < -0.4 is 5.73 Å². The first kappa shape index (κ1) is 11.1. The van der Waals surface area contributed by atoms with Gasteiger partial charge < -0.3 is 10.8 Å². The van der Waals surface area contributed by atoms with Crippen LogP contribution in [0.4, 0.5) is 5.69 Å². The largest absolute Gasteiger partial charge is 0.502 e. The molecule has 80 valence electrons. The number of phenols is 1. The number of aromatic hydroxyl groups is 1. The molecule has 0 unspecified atom stereocenters. The number of hydrogen-bond donors (Lipinski definition) is 2. The maximum atomic E-state index is 11.3. The van der Waals surface area contributed by atoms with E-state index in [1.165, 1.54) is 6.07 Å². The minimum atomic E-state index is -0.742. The highest BCUT2D eigenvalue weighted by atomic mass is 16.6.